The molecule has 1 aromatic rings. The van der Waals surface area contributed by atoms with Crippen molar-refractivity contribution in [3.63, 3.8) is 0 Å². The van der Waals surface area contributed by atoms with Gasteiger partial charge in [-0.05, 0) is 38.3 Å². The van der Waals surface area contributed by atoms with Gasteiger partial charge in [0.25, 0.3) is 0 Å². The number of aryl methyl sites for hydroxylation is 1. The maximum absolute atomic E-state index is 5.48. The van der Waals surface area contributed by atoms with Crippen LogP contribution >= 0.6 is 0 Å². The van der Waals surface area contributed by atoms with Crippen LogP contribution in [0.15, 0.2) is 6.20 Å². The lowest BCUT2D eigenvalue weighted by Gasteiger charge is -2.22. The summed E-state index contributed by atoms with van der Waals surface area (Å²) in [5.74, 6) is 0.844. The van der Waals surface area contributed by atoms with Crippen molar-refractivity contribution in [3.05, 3.63) is 11.9 Å². The highest BCUT2D eigenvalue weighted by Crippen LogP contribution is 2.16. The Bertz CT molecular complexity index is 290. The third-order valence-corrected chi connectivity index (χ3v) is 3.02. The Balaban J connectivity index is 1.76. The molecule has 2 rings (SSSR count). The second-order valence-electron chi connectivity index (χ2n) is 4.16. The van der Waals surface area contributed by atoms with Gasteiger partial charge >= 0.3 is 0 Å². The van der Waals surface area contributed by atoms with Crippen LogP contribution < -0.4 is 11.1 Å². The Morgan fingerprint density at radius 1 is 1.47 bits per heavy atom. The molecule has 84 valence electrons. The number of nitrogens with zero attached hydrogens (tertiary/aromatic N) is 3. The molecule has 2 heterocycles. The number of nitrogens with one attached hydrogen (secondary N) is 1. The van der Waals surface area contributed by atoms with Gasteiger partial charge in [-0.25, -0.2) is 0 Å². The molecule has 0 unspecified atom stereocenters. The van der Waals surface area contributed by atoms with E-state index >= 15 is 0 Å². The van der Waals surface area contributed by atoms with Gasteiger partial charge in [0.05, 0.1) is 5.69 Å². The van der Waals surface area contributed by atoms with Crippen molar-refractivity contribution < 1.29 is 0 Å². The van der Waals surface area contributed by atoms with Crippen molar-refractivity contribution in [1.82, 2.24) is 20.3 Å². The van der Waals surface area contributed by atoms with Crippen LogP contribution in [0.3, 0.4) is 0 Å². The van der Waals surface area contributed by atoms with Gasteiger partial charge in [0.1, 0.15) is 0 Å². The monoisotopic (exact) mass is 209 g/mol. The van der Waals surface area contributed by atoms with Crippen LogP contribution in [0.25, 0.3) is 0 Å². The molecule has 1 saturated heterocycles. The molecule has 3 N–H and O–H groups in total. The van der Waals surface area contributed by atoms with E-state index < -0.39 is 0 Å². The van der Waals surface area contributed by atoms with Crippen molar-refractivity contribution in [2.24, 2.45) is 11.7 Å². The molecule has 1 aliphatic rings. The molecule has 0 bridgehead atoms. The van der Waals surface area contributed by atoms with Gasteiger partial charge in [-0.1, -0.05) is 5.21 Å². The highest BCUT2D eigenvalue weighted by Gasteiger charge is 2.12. The second-order valence-corrected chi connectivity index (χ2v) is 4.16. The Hall–Kier alpha value is -0.940. The Labute approximate surface area is 90.0 Å². The lowest BCUT2D eigenvalue weighted by molar-refractivity contribution is 0.330. The molecule has 0 amide bonds. The van der Waals surface area contributed by atoms with Gasteiger partial charge in [-0.2, -0.15) is 0 Å². The minimum atomic E-state index is 0.480. The van der Waals surface area contributed by atoms with Gasteiger partial charge in [0, 0.05) is 19.3 Å². The SMILES string of the molecule is NCc1cn(CCC2CCNCC2)nn1. The standard InChI is InChI=1S/C10H19N5/c11-7-10-8-15(14-13-10)6-3-9-1-4-12-5-2-9/h8-9,12H,1-7,11H2. The van der Waals surface area contributed by atoms with Crippen LogP contribution in [-0.4, -0.2) is 28.1 Å². The third kappa shape index (κ3) is 3.00. The minimum absolute atomic E-state index is 0.480. The summed E-state index contributed by atoms with van der Waals surface area (Å²) in [6.45, 7) is 3.77. The molecule has 0 saturated carbocycles. The van der Waals surface area contributed by atoms with Crippen molar-refractivity contribution in [1.29, 1.82) is 0 Å². The molecule has 1 aliphatic heterocycles. The summed E-state index contributed by atoms with van der Waals surface area (Å²) in [6.07, 6.45) is 5.73. The number of rotatable bonds is 4. The summed E-state index contributed by atoms with van der Waals surface area (Å²) in [6, 6.07) is 0. The van der Waals surface area contributed by atoms with Crippen LogP contribution in [0, 0.1) is 5.92 Å². The quantitative estimate of drug-likeness (QED) is 0.739. The van der Waals surface area contributed by atoms with Gasteiger partial charge in [-0.15, -0.1) is 5.10 Å². The van der Waals surface area contributed by atoms with E-state index in [9.17, 15) is 0 Å². The summed E-state index contributed by atoms with van der Waals surface area (Å²) in [4.78, 5) is 0. The number of hydrogen-bond donors (Lipinski definition) is 2. The van der Waals surface area contributed by atoms with E-state index in [0.29, 0.717) is 6.54 Å². The molecule has 0 atom stereocenters. The first-order valence-electron chi connectivity index (χ1n) is 5.68. The van der Waals surface area contributed by atoms with Gasteiger partial charge < -0.3 is 11.1 Å². The van der Waals surface area contributed by atoms with Crippen LogP contribution in [-0.2, 0) is 13.1 Å². The molecule has 0 spiro atoms. The molecule has 0 aromatic carbocycles. The molecule has 1 aromatic heterocycles. The topological polar surface area (TPSA) is 68.8 Å². The summed E-state index contributed by atoms with van der Waals surface area (Å²) < 4.78 is 1.91. The first-order valence-corrected chi connectivity index (χ1v) is 5.68. The average Bonchev–Trinajstić information content (AvgIpc) is 2.76. The van der Waals surface area contributed by atoms with Crippen molar-refractivity contribution in [3.8, 4) is 0 Å². The lowest BCUT2D eigenvalue weighted by Crippen LogP contribution is -2.28. The zero-order valence-electron chi connectivity index (χ0n) is 9.02. The third-order valence-electron chi connectivity index (χ3n) is 3.02. The Morgan fingerprint density at radius 3 is 2.93 bits per heavy atom. The van der Waals surface area contributed by atoms with Gasteiger partial charge in [0.15, 0.2) is 0 Å². The average molecular weight is 209 g/mol. The summed E-state index contributed by atoms with van der Waals surface area (Å²) >= 11 is 0. The zero-order valence-corrected chi connectivity index (χ0v) is 9.02. The molecule has 15 heavy (non-hydrogen) atoms. The normalized spacial score (nSPS) is 18.2. The predicted octanol–water partition coefficient (Wildman–Crippen LogP) is 0.126. The fraction of sp³-hybridized carbons (Fsp3) is 0.800. The number of aromatic nitrogens is 3. The van der Waals surface area contributed by atoms with E-state index in [4.69, 9.17) is 5.73 Å². The highest BCUT2D eigenvalue weighted by atomic mass is 15.4. The van der Waals surface area contributed by atoms with E-state index in [-0.39, 0.29) is 0 Å². The Morgan fingerprint density at radius 2 is 2.27 bits per heavy atom. The van der Waals surface area contributed by atoms with E-state index in [2.05, 4.69) is 15.6 Å². The number of hydrogen-bond acceptors (Lipinski definition) is 4. The lowest BCUT2D eigenvalue weighted by atomic mass is 9.95. The van der Waals surface area contributed by atoms with Crippen LogP contribution in [0.1, 0.15) is 25.0 Å². The van der Waals surface area contributed by atoms with Crippen molar-refractivity contribution >= 4 is 0 Å². The summed E-state index contributed by atoms with van der Waals surface area (Å²) in [5.41, 5.74) is 6.35. The first-order chi connectivity index (χ1) is 7.38. The molecule has 0 aliphatic carbocycles. The maximum atomic E-state index is 5.48. The molecule has 0 radical (unpaired) electrons. The van der Waals surface area contributed by atoms with E-state index in [1.165, 1.54) is 19.3 Å². The summed E-state index contributed by atoms with van der Waals surface area (Å²) in [5, 5.41) is 11.4. The molecule has 5 nitrogen and oxygen atoms in total. The fourth-order valence-electron chi connectivity index (χ4n) is 2.03. The van der Waals surface area contributed by atoms with Gasteiger partial charge in [-0.3, -0.25) is 4.68 Å². The molecular formula is C10H19N5. The van der Waals surface area contributed by atoms with E-state index in [1.807, 2.05) is 10.9 Å². The van der Waals surface area contributed by atoms with Crippen LogP contribution in [0.5, 0.6) is 0 Å². The van der Waals surface area contributed by atoms with Crippen molar-refractivity contribution in [2.45, 2.75) is 32.4 Å². The largest absolute Gasteiger partial charge is 0.325 e. The van der Waals surface area contributed by atoms with Crippen LogP contribution in [0.2, 0.25) is 0 Å². The minimum Gasteiger partial charge on any atom is -0.325 e. The predicted molar refractivity (Wildman–Crippen MR) is 58.1 cm³/mol. The van der Waals surface area contributed by atoms with E-state index in [1.54, 1.807) is 0 Å². The summed E-state index contributed by atoms with van der Waals surface area (Å²) in [7, 11) is 0. The van der Waals surface area contributed by atoms with Crippen molar-refractivity contribution in [2.75, 3.05) is 13.1 Å². The highest BCUT2D eigenvalue weighted by molar-refractivity contribution is 4.90. The number of nitrogens with two attached hydrogens (primary N) is 1. The van der Waals surface area contributed by atoms with Gasteiger partial charge in [0.2, 0.25) is 0 Å². The van der Waals surface area contributed by atoms with E-state index in [0.717, 1.165) is 31.2 Å². The smallest absolute Gasteiger partial charge is 0.0962 e. The zero-order chi connectivity index (χ0) is 10.5. The fourth-order valence-corrected chi connectivity index (χ4v) is 2.03. The second kappa shape index (κ2) is 5.23. The maximum Gasteiger partial charge on any atom is 0.0962 e. The molecular weight excluding hydrogens is 190 g/mol. The Kier molecular flexibility index (Phi) is 3.69. The molecule has 1 fully saturated rings. The first kappa shape index (κ1) is 10.6. The van der Waals surface area contributed by atoms with Crippen LogP contribution in [0.4, 0.5) is 0 Å². The molecule has 5 heteroatoms. The number of piperidine rings is 1.